The van der Waals surface area contributed by atoms with Crippen LogP contribution in [0.3, 0.4) is 0 Å². The molecule has 4 heteroatoms. The van der Waals surface area contributed by atoms with Gasteiger partial charge in [0.05, 0.1) is 0 Å². The molecule has 2 heterocycles. The molecule has 0 aromatic carbocycles. The maximum Gasteiger partial charge on any atom is 0.320 e. The highest BCUT2D eigenvalue weighted by Gasteiger charge is 2.25. The Kier molecular flexibility index (Phi) is 1.81. The summed E-state index contributed by atoms with van der Waals surface area (Å²) in [5.41, 5.74) is 6.37. The molecule has 0 saturated carbocycles. The van der Waals surface area contributed by atoms with E-state index < -0.39 is 6.03 Å². The van der Waals surface area contributed by atoms with Crippen molar-refractivity contribution in [2.75, 3.05) is 0 Å². The summed E-state index contributed by atoms with van der Waals surface area (Å²) in [5.74, 6) is 0. The monoisotopic (exact) mass is 177 g/mol. The Labute approximate surface area is 76.4 Å². The zero-order chi connectivity index (χ0) is 9.26. The van der Waals surface area contributed by atoms with Gasteiger partial charge in [-0.15, -0.1) is 0 Å². The first-order valence-electron chi connectivity index (χ1n) is 4.15. The summed E-state index contributed by atoms with van der Waals surface area (Å²) in [7, 11) is 0. The third-order valence-corrected chi connectivity index (χ3v) is 2.16. The highest BCUT2D eigenvalue weighted by atomic mass is 16.2. The van der Waals surface area contributed by atoms with Crippen molar-refractivity contribution in [2.45, 2.75) is 12.6 Å². The first-order valence-corrected chi connectivity index (χ1v) is 4.15. The largest absolute Gasteiger partial charge is 0.367 e. The standard InChI is InChI=1S/C9H11N3O/c10-9(13)12-6-2-4-7-3-1-5-11-8(7)12/h1-3,5-6,8,11H,4H2,(H2,10,13). The van der Waals surface area contributed by atoms with Gasteiger partial charge in [0.15, 0.2) is 0 Å². The molecule has 3 N–H and O–H groups in total. The van der Waals surface area contributed by atoms with Crippen LogP contribution in [0.5, 0.6) is 0 Å². The van der Waals surface area contributed by atoms with E-state index in [9.17, 15) is 4.79 Å². The quantitative estimate of drug-likeness (QED) is 0.571. The van der Waals surface area contributed by atoms with Gasteiger partial charge in [0.2, 0.25) is 0 Å². The summed E-state index contributed by atoms with van der Waals surface area (Å²) >= 11 is 0. The van der Waals surface area contributed by atoms with Crippen LogP contribution in [0.15, 0.2) is 36.2 Å². The number of hydrogen-bond acceptors (Lipinski definition) is 2. The Morgan fingerprint density at radius 3 is 3.31 bits per heavy atom. The van der Waals surface area contributed by atoms with E-state index in [-0.39, 0.29) is 6.17 Å². The van der Waals surface area contributed by atoms with Crippen molar-refractivity contribution in [3.05, 3.63) is 36.2 Å². The van der Waals surface area contributed by atoms with Gasteiger partial charge < -0.3 is 11.1 Å². The lowest BCUT2D eigenvalue weighted by molar-refractivity contribution is 0.208. The third kappa shape index (κ3) is 1.30. The molecule has 13 heavy (non-hydrogen) atoms. The predicted octanol–water partition coefficient (Wildman–Crippen LogP) is 0.654. The Morgan fingerprint density at radius 2 is 2.54 bits per heavy atom. The maximum atomic E-state index is 11.0. The Morgan fingerprint density at radius 1 is 1.69 bits per heavy atom. The Bertz CT molecular complexity index is 317. The number of urea groups is 1. The summed E-state index contributed by atoms with van der Waals surface area (Å²) in [5, 5.41) is 3.08. The summed E-state index contributed by atoms with van der Waals surface area (Å²) < 4.78 is 0. The van der Waals surface area contributed by atoms with Crippen molar-refractivity contribution in [3.8, 4) is 0 Å². The average Bonchev–Trinajstić information content (AvgIpc) is 2.17. The van der Waals surface area contributed by atoms with E-state index in [4.69, 9.17) is 5.73 Å². The fourth-order valence-electron chi connectivity index (χ4n) is 1.54. The summed E-state index contributed by atoms with van der Waals surface area (Å²) in [6.45, 7) is 0. The minimum Gasteiger partial charge on any atom is -0.367 e. The number of fused-ring (bicyclic) bond motifs is 1. The second-order valence-electron chi connectivity index (χ2n) is 3.00. The Hall–Kier alpha value is -1.71. The number of carbonyl (C=O) groups excluding carboxylic acids is 1. The molecule has 0 saturated heterocycles. The average molecular weight is 177 g/mol. The zero-order valence-electron chi connectivity index (χ0n) is 7.10. The Balaban J connectivity index is 2.28. The van der Waals surface area contributed by atoms with Crippen LogP contribution in [-0.2, 0) is 0 Å². The molecule has 1 atom stereocenters. The van der Waals surface area contributed by atoms with Gasteiger partial charge in [-0.1, -0.05) is 12.2 Å². The number of allylic oxidation sites excluding steroid dienone is 3. The molecule has 0 spiro atoms. The molecule has 0 aliphatic carbocycles. The van der Waals surface area contributed by atoms with E-state index in [1.54, 1.807) is 6.20 Å². The van der Waals surface area contributed by atoms with Gasteiger partial charge >= 0.3 is 6.03 Å². The van der Waals surface area contributed by atoms with Crippen molar-refractivity contribution in [2.24, 2.45) is 5.73 Å². The first kappa shape index (κ1) is 7.91. The van der Waals surface area contributed by atoms with Crippen LogP contribution in [-0.4, -0.2) is 17.1 Å². The highest BCUT2D eigenvalue weighted by Crippen LogP contribution is 2.20. The van der Waals surface area contributed by atoms with Crippen molar-refractivity contribution in [1.29, 1.82) is 0 Å². The molecule has 0 aromatic rings. The molecule has 0 fully saturated rings. The zero-order valence-corrected chi connectivity index (χ0v) is 7.10. The molecular formula is C9H11N3O. The van der Waals surface area contributed by atoms with Crippen LogP contribution in [0.1, 0.15) is 6.42 Å². The van der Waals surface area contributed by atoms with E-state index in [1.165, 1.54) is 4.90 Å². The molecule has 4 nitrogen and oxygen atoms in total. The smallest absolute Gasteiger partial charge is 0.320 e. The van der Waals surface area contributed by atoms with Crippen LogP contribution in [0.25, 0.3) is 0 Å². The van der Waals surface area contributed by atoms with Crippen molar-refractivity contribution in [1.82, 2.24) is 10.2 Å². The van der Waals surface area contributed by atoms with Crippen LogP contribution in [0.2, 0.25) is 0 Å². The van der Waals surface area contributed by atoms with Crippen molar-refractivity contribution >= 4 is 6.03 Å². The summed E-state index contributed by atoms with van der Waals surface area (Å²) in [6.07, 6.45) is 10.2. The van der Waals surface area contributed by atoms with Crippen LogP contribution in [0.4, 0.5) is 4.79 Å². The highest BCUT2D eigenvalue weighted by molar-refractivity contribution is 5.74. The van der Waals surface area contributed by atoms with Gasteiger partial charge in [-0.05, 0) is 24.3 Å². The molecule has 0 bridgehead atoms. The van der Waals surface area contributed by atoms with Gasteiger partial charge in [0, 0.05) is 6.20 Å². The number of nitrogens with one attached hydrogen (secondary N) is 1. The number of dihydropyridines is 1. The molecule has 2 aliphatic heterocycles. The molecule has 68 valence electrons. The minimum atomic E-state index is -0.436. The topological polar surface area (TPSA) is 58.4 Å². The second-order valence-corrected chi connectivity index (χ2v) is 3.00. The molecule has 2 rings (SSSR count). The van der Waals surface area contributed by atoms with Crippen molar-refractivity contribution < 1.29 is 4.79 Å². The molecule has 0 aromatic heterocycles. The lowest BCUT2D eigenvalue weighted by atomic mass is 10.0. The van der Waals surface area contributed by atoms with E-state index >= 15 is 0 Å². The van der Waals surface area contributed by atoms with Crippen molar-refractivity contribution in [3.63, 3.8) is 0 Å². The van der Waals surface area contributed by atoms with E-state index in [0.29, 0.717) is 0 Å². The van der Waals surface area contributed by atoms with Crippen LogP contribution >= 0.6 is 0 Å². The van der Waals surface area contributed by atoms with Crippen LogP contribution < -0.4 is 11.1 Å². The number of rotatable bonds is 0. The van der Waals surface area contributed by atoms with Gasteiger partial charge in [-0.2, -0.15) is 0 Å². The fourth-order valence-corrected chi connectivity index (χ4v) is 1.54. The molecule has 0 radical (unpaired) electrons. The lowest BCUT2D eigenvalue weighted by Crippen LogP contribution is -2.49. The lowest BCUT2D eigenvalue weighted by Gasteiger charge is -2.33. The van der Waals surface area contributed by atoms with Crippen LogP contribution in [0, 0.1) is 0 Å². The molecule has 1 unspecified atom stereocenters. The maximum absolute atomic E-state index is 11.0. The summed E-state index contributed by atoms with van der Waals surface area (Å²) in [4.78, 5) is 12.5. The molecular weight excluding hydrogens is 166 g/mol. The van der Waals surface area contributed by atoms with Gasteiger partial charge in [0.1, 0.15) is 6.17 Å². The number of carbonyl (C=O) groups is 1. The molecule has 2 amide bonds. The number of nitrogens with zero attached hydrogens (tertiary/aromatic N) is 1. The molecule has 2 aliphatic rings. The number of hydrogen-bond donors (Lipinski definition) is 2. The fraction of sp³-hybridized carbons (Fsp3) is 0.222. The first-order chi connectivity index (χ1) is 6.29. The van der Waals surface area contributed by atoms with Gasteiger partial charge in [-0.3, -0.25) is 4.90 Å². The number of nitrogens with two attached hydrogens (primary N) is 1. The number of primary amides is 1. The van der Waals surface area contributed by atoms with E-state index in [0.717, 1.165) is 12.0 Å². The summed E-state index contributed by atoms with van der Waals surface area (Å²) in [6, 6.07) is -0.436. The SMILES string of the molecule is NC(=O)N1C=CCC2=CC=CNC21. The van der Waals surface area contributed by atoms with Gasteiger partial charge in [-0.25, -0.2) is 4.79 Å². The minimum absolute atomic E-state index is 0.0903. The number of amides is 2. The van der Waals surface area contributed by atoms with E-state index in [1.807, 2.05) is 24.4 Å². The third-order valence-electron chi connectivity index (χ3n) is 2.16. The predicted molar refractivity (Wildman–Crippen MR) is 49.3 cm³/mol. The van der Waals surface area contributed by atoms with E-state index in [2.05, 4.69) is 5.32 Å². The second kappa shape index (κ2) is 2.97. The normalized spacial score (nSPS) is 24.8. The van der Waals surface area contributed by atoms with Gasteiger partial charge in [0.25, 0.3) is 0 Å².